The van der Waals surface area contributed by atoms with Gasteiger partial charge in [-0.2, -0.15) is 26.3 Å². The van der Waals surface area contributed by atoms with E-state index >= 15 is 0 Å². The zero-order valence-electron chi connectivity index (χ0n) is 28.6. The van der Waals surface area contributed by atoms with E-state index in [1.807, 2.05) is 0 Å². The van der Waals surface area contributed by atoms with E-state index in [1.54, 1.807) is 26.0 Å². The van der Waals surface area contributed by atoms with Gasteiger partial charge in [-0.25, -0.2) is 9.59 Å². The Kier molecular flexibility index (Phi) is 14.3. The van der Waals surface area contributed by atoms with Gasteiger partial charge in [-0.15, -0.1) is 0 Å². The minimum absolute atomic E-state index is 0.0290. The molecule has 49 heavy (non-hydrogen) atoms. The molecule has 1 aliphatic rings. The van der Waals surface area contributed by atoms with Crippen LogP contribution in [-0.2, 0) is 28.4 Å². The van der Waals surface area contributed by atoms with Crippen LogP contribution in [0.3, 0.4) is 0 Å². The van der Waals surface area contributed by atoms with Gasteiger partial charge < -0.3 is 18.9 Å². The van der Waals surface area contributed by atoms with Crippen LogP contribution in [0.2, 0.25) is 0 Å². The molecule has 0 bridgehead atoms. The Balaban J connectivity index is 2.02. The van der Waals surface area contributed by atoms with Gasteiger partial charge in [0.15, 0.2) is 11.5 Å². The number of amides is 2. The molecule has 0 saturated heterocycles. The summed E-state index contributed by atoms with van der Waals surface area (Å²) in [5.74, 6) is 0.591. The average Bonchev–Trinajstić information content (AvgIpc) is 3.04. The second-order valence-electron chi connectivity index (χ2n) is 12.1. The summed E-state index contributed by atoms with van der Waals surface area (Å²) in [6.07, 6.45) is -2.98. The van der Waals surface area contributed by atoms with E-state index in [-0.39, 0.29) is 24.8 Å². The molecule has 1 aliphatic heterocycles. The summed E-state index contributed by atoms with van der Waals surface area (Å²) >= 11 is 0. The molecule has 8 nitrogen and oxygen atoms in total. The van der Waals surface area contributed by atoms with Crippen LogP contribution in [0, 0.1) is 0 Å². The Hall–Kier alpha value is -3.84. The second kappa shape index (κ2) is 17.7. The molecule has 0 N–H and O–H groups in total. The minimum atomic E-state index is -5.07. The number of carbonyl (C=O) groups is 2. The van der Waals surface area contributed by atoms with E-state index in [9.17, 15) is 35.9 Å². The topological polar surface area (TPSA) is 77.5 Å². The lowest BCUT2D eigenvalue weighted by atomic mass is 9.90. The lowest BCUT2D eigenvalue weighted by molar-refractivity contribution is -0.143. The predicted octanol–water partition coefficient (Wildman–Crippen LogP) is 10.3. The highest BCUT2D eigenvalue weighted by Crippen LogP contribution is 2.47. The van der Waals surface area contributed by atoms with Crippen molar-refractivity contribution in [2.75, 3.05) is 32.3 Å². The molecule has 0 aliphatic carbocycles. The molecule has 0 spiro atoms. The molecule has 2 amide bonds. The average molecular weight is 705 g/mol. The molecule has 0 aromatic heterocycles. The van der Waals surface area contributed by atoms with Crippen LogP contribution in [0.1, 0.15) is 107 Å². The van der Waals surface area contributed by atoms with Crippen LogP contribution in [-0.4, -0.2) is 50.6 Å². The number of fused-ring (bicyclic) bond motifs is 1. The number of rotatable bonds is 15. The molecular weight excluding hydrogens is 658 g/mol. The number of halogens is 6. The van der Waals surface area contributed by atoms with Crippen molar-refractivity contribution >= 4 is 17.9 Å². The standard InChI is InChI=1S/C35H46F6N2O6/c1-6-8-9-10-11-12-13-14-15-49-31-21-29-27(20-30(31)46-4)28(16-23(3)43(29)33(45)48-7-2)42(32(44)47-5)22-24-17-25(34(36,37)38)19-26(18-24)35(39,40)41/h17-21,23,28H,6-16,22H2,1-5H3. The Morgan fingerprint density at radius 2 is 1.43 bits per heavy atom. The van der Waals surface area contributed by atoms with Crippen molar-refractivity contribution in [3.05, 3.63) is 52.6 Å². The number of hydrogen-bond acceptors (Lipinski definition) is 6. The molecule has 2 atom stereocenters. The maximum Gasteiger partial charge on any atom is 0.416 e. The van der Waals surface area contributed by atoms with Crippen molar-refractivity contribution in [1.29, 1.82) is 0 Å². The van der Waals surface area contributed by atoms with Crippen molar-refractivity contribution in [3.8, 4) is 11.5 Å². The molecule has 2 aromatic rings. The van der Waals surface area contributed by atoms with E-state index in [1.165, 1.54) is 37.7 Å². The van der Waals surface area contributed by atoms with Crippen LogP contribution in [0.4, 0.5) is 41.6 Å². The quantitative estimate of drug-likeness (QED) is 0.136. The molecule has 0 fully saturated rings. The highest BCUT2D eigenvalue weighted by atomic mass is 19.4. The van der Waals surface area contributed by atoms with E-state index in [2.05, 4.69) is 6.92 Å². The van der Waals surface area contributed by atoms with E-state index in [0.717, 1.165) is 37.7 Å². The Labute approximate surface area is 283 Å². The van der Waals surface area contributed by atoms with Crippen molar-refractivity contribution in [1.82, 2.24) is 4.90 Å². The van der Waals surface area contributed by atoms with E-state index < -0.39 is 59.9 Å². The first-order chi connectivity index (χ1) is 23.2. The zero-order valence-corrected chi connectivity index (χ0v) is 28.6. The van der Waals surface area contributed by atoms with Crippen LogP contribution in [0.15, 0.2) is 30.3 Å². The number of unbranched alkanes of at least 4 members (excludes halogenated alkanes) is 7. The number of ether oxygens (including phenoxy) is 4. The summed E-state index contributed by atoms with van der Waals surface area (Å²) in [5.41, 5.74) is -2.79. The number of anilines is 1. The molecular formula is C35H46F6N2O6. The van der Waals surface area contributed by atoms with Gasteiger partial charge in [0.25, 0.3) is 0 Å². The number of alkyl halides is 6. The molecule has 3 rings (SSSR count). The van der Waals surface area contributed by atoms with Gasteiger partial charge in [0.05, 0.1) is 50.3 Å². The smallest absolute Gasteiger partial charge is 0.416 e. The van der Waals surface area contributed by atoms with Crippen molar-refractivity contribution in [3.63, 3.8) is 0 Å². The van der Waals surface area contributed by atoms with Gasteiger partial charge >= 0.3 is 24.5 Å². The third-order valence-electron chi connectivity index (χ3n) is 8.44. The number of nitrogens with zero attached hydrogens (tertiary/aromatic N) is 2. The first-order valence-corrected chi connectivity index (χ1v) is 16.6. The monoisotopic (exact) mass is 704 g/mol. The lowest BCUT2D eigenvalue weighted by Crippen LogP contribution is -2.47. The van der Waals surface area contributed by atoms with Crippen molar-refractivity contribution < 1.29 is 54.9 Å². The molecule has 0 radical (unpaired) electrons. The summed E-state index contributed by atoms with van der Waals surface area (Å²) in [5, 5.41) is 0. The van der Waals surface area contributed by atoms with Gasteiger partial charge in [0, 0.05) is 24.2 Å². The molecule has 274 valence electrons. The van der Waals surface area contributed by atoms with Gasteiger partial charge in [-0.3, -0.25) is 9.80 Å². The highest BCUT2D eigenvalue weighted by Gasteiger charge is 2.42. The Morgan fingerprint density at radius 3 is 1.96 bits per heavy atom. The SMILES string of the molecule is CCCCCCCCCCOc1cc2c(cc1OC)C(N(Cc1cc(C(F)(F)F)cc(C(F)(F)F)c1)C(=O)OC)CC(C)N2C(=O)OCC. The minimum Gasteiger partial charge on any atom is -0.493 e. The normalized spacial score (nSPS) is 16.2. The summed E-state index contributed by atoms with van der Waals surface area (Å²) in [6, 6.07) is 2.75. The first-order valence-electron chi connectivity index (χ1n) is 16.6. The Morgan fingerprint density at radius 1 is 0.837 bits per heavy atom. The first kappa shape index (κ1) is 39.6. The van der Waals surface area contributed by atoms with Crippen LogP contribution < -0.4 is 14.4 Å². The van der Waals surface area contributed by atoms with Crippen molar-refractivity contribution in [2.45, 2.75) is 110 Å². The number of carbonyl (C=O) groups excluding carboxylic acids is 2. The van der Waals surface area contributed by atoms with Crippen LogP contribution in [0.25, 0.3) is 0 Å². The summed E-state index contributed by atoms with van der Waals surface area (Å²) < 4.78 is 104. The fraction of sp³-hybridized carbons (Fsp3) is 0.600. The molecule has 1 heterocycles. The summed E-state index contributed by atoms with van der Waals surface area (Å²) in [4.78, 5) is 28.9. The van der Waals surface area contributed by atoms with Gasteiger partial charge in [0.2, 0.25) is 0 Å². The highest BCUT2D eigenvalue weighted by molar-refractivity contribution is 5.91. The van der Waals surface area contributed by atoms with E-state index in [0.29, 0.717) is 35.7 Å². The largest absolute Gasteiger partial charge is 0.493 e. The third-order valence-corrected chi connectivity index (χ3v) is 8.44. The van der Waals surface area contributed by atoms with Crippen molar-refractivity contribution in [2.24, 2.45) is 0 Å². The molecule has 2 aromatic carbocycles. The van der Waals surface area contributed by atoms with E-state index in [4.69, 9.17) is 18.9 Å². The zero-order chi connectivity index (χ0) is 36.4. The number of hydrogen-bond donors (Lipinski definition) is 0. The Bertz CT molecular complexity index is 1370. The van der Waals surface area contributed by atoms with Gasteiger partial charge in [-0.05, 0) is 56.5 Å². The molecule has 2 unspecified atom stereocenters. The van der Waals surface area contributed by atoms with Crippen LogP contribution >= 0.6 is 0 Å². The summed E-state index contributed by atoms with van der Waals surface area (Å²) in [6.45, 7) is 5.30. The number of methoxy groups -OCH3 is 2. The lowest BCUT2D eigenvalue weighted by Gasteiger charge is -2.42. The fourth-order valence-electron chi connectivity index (χ4n) is 6.02. The maximum absolute atomic E-state index is 13.7. The third kappa shape index (κ3) is 10.6. The number of benzene rings is 2. The molecule has 14 heteroatoms. The molecule has 0 saturated carbocycles. The van der Waals surface area contributed by atoms with Gasteiger partial charge in [0.1, 0.15) is 0 Å². The van der Waals surface area contributed by atoms with Gasteiger partial charge in [-0.1, -0.05) is 51.9 Å². The second-order valence-corrected chi connectivity index (χ2v) is 12.1. The van der Waals surface area contributed by atoms with Crippen LogP contribution in [0.5, 0.6) is 11.5 Å². The summed E-state index contributed by atoms with van der Waals surface area (Å²) in [7, 11) is 2.47. The predicted molar refractivity (Wildman–Crippen MR) is 172 cm³/mol. The fourth-order valence-corrected chi connectivity index (χ4v) is 6.02. The maximum atomic E-state index is 13.7.